The van der Waals surface area contributed by atoms with E-state index in [-0.39, 0.29) is 0 Å². The van der Waals surface area contributed by atoms with E-state index in [9.17, 15) is 0 Å². The van der Waals surface area contributed by atoms with Gasteiger partial charge < -0.3 is 9.84 Å². The third kappa shape index (κ3) is 3.21. The average Bonchev–Trinajstić information content (AvgIpc) is 2.68. The first-order valence-electron chi connectivity index (χ1n) is 5.39. The van der Waals surface area contributed by atoms with E-state index >= 15 is 0 Å². The quantitative estimate of drug-likeness (QED) is 0.844. The number of nitrogens with one attached hydrogen (secondary N) is 1. The zero-order valence-electron chi connectivity index (χ0n) is 9.03. The summed E-state index contributed by atoms with van der Waals surface area (Å²) in [6, 6.07) is 0. The highest BCUT2D eigenvalue weighted by atomic mass is 32.2. The molecule has 1 aromatic rings. The SMILES string of the molecule is CSCc1noc(CC2CCCNC2)n1. The standard InChI is InChI=1S/C10H17N3OS/c1-15-7-9-12-10(14-13-9)5-8-3-2-4-11-6-8/h8,11H,2-7H2,1H3. The molecule has 0 bridgehead atoms. The van der Waals surface area contributed by atoms with Crippen LogP contribution in [0, 0.1) is 5.92 Å². The van der Waals surface area contributed by atoms with E-state index in [0.717, 1.165) is 37.0 Å². The van der Waals surface area contributed by atoms with Crippen molar-refractivity contribution in [1.29, 1.82) is 0 Å². The van der Waals surface area contributed by atoms with Gasteiger partial charge in [-0.25, -0.2) is 0 Å². The zero-order chi connectivity index (χ0) is 10.5. The van der Waals surface area contributed by atoms with Crippen molar-refractivity contribution in [2.45, 2.75) is 25.0 Å². The molecule has 0 spiro atoms. The summed E-state index contributed by atoms with van der Waals surface area (Å²) in [4.78, 5) is 4.37. The van der Waals surface area contributed by atoms with Crippen molar-refractivity contribution >= 4 is 11.8 Å². The Morgan fingerprint density at radius 1 is 1.60 bits per heavy atom. The van der Waals surface area contributed by atoms with Gasteiger partial charge in [-0.1, -0.05) is 5.16 Å². The fourth-order valence-electron chi connectivity index (χ4n) is 1.91. The topological polar surface area (TPSA) is 51.0 Å². The molecule has 1 atom stereocenters. The van der Waals surface area contributed by atoms with Gasteiger partial charge in [-0.2, -0.15) is 16.7 Å². The maximum absolute atomic E-state index is 5.22. The summed E-state index contributed by atoms with van der Waals surface area (Å²) >= 11 is 1.72. The second-order valence-electron chi connectivity index (χ2n) is 3.95. The summed E-state index contributed by atoms with van der Waals surface area (Å²) in [5.74, 6) is 3.13. The van der Waals surface area contributed by atoms with Crippen LogP contribution in [0.4, 0.5) is 0 Å². The molecular weight excluding hydrogens is 210 g/mol. The molecule has 1 aromatic heterocycles. The van der Waals surface area contributed by atoms with Crippen LogP contribution in [0.2, 0.25) is 0 Å². The van der Waals surface area contributed by atoms with Gasteiger partial charge in [0, 0.05) is 6.42 Å². The van der Waals surface area contributed by atoms with Crippen LogP contribution in [0.5, 0.6) is 0 Å². The maximum Gasteiger partial charge on any atom is 0.226 e. The van der Waals surface area contributed by atoms with Crippen molar-refractivity contribution in [2.75, 3.05) is 19.3 Å². The Kier molecular flexibility index (Phi) is 4.02. The van der Waals surface area contributed by atoms with Crippen molar-refractivity contribution in [1.82, 2.24) is 15.5 Å². The van der Waals surface area contributed by atoms with Crippen LogP contribution in [0.15, 0.2) is 4.52 Å². The summed E-state index contributed by atoms with van der Waals surface area (Å²) in [6.45, 7) is 2.23. The summed E-state index contributed by atoms with van der Waals surface area (Å²) in [5.41, 5.74) is 0. The van der Waals surface area contributed by atoms with Crippen LogP contribution < -0.4 is 5.32 Å². The number of hydrogen-bond donors (Lipinski definition) is 1. The van der Waals surface area contributed by atoms with Crippen LogP contribution in [-0.2, 0) is 12.2 Å². The number of nitrogens with zero attached hydrogens (tertiary/aromatic N) is 2. The Balaban J connectivity index is 1.86. The third-order valence-corrected chi connectivity index (χ3v) is 3.19. The van der Waals surface area contributed by atoms with E-state index < -0.39 is 0 Å². The van der Waals surface area contributed by atoms with Crippen molar-refractivity contribution in [3.05, 3.63) is 11.7 Å². The average molecular weight is 227 g/mol. The van der Waals surface area contributed by atoms with E-state index in [2.05, 4.69) is 15.5 Å². The number of aromatic nitrogens is 2. The highest BCUT2D eigenvalue weighted by Gasteiger charge is 2.16. The van der Waals surface area contributed by atoms with Gasteiger partial charge in [0.1, 0.15) is 0 Å². The van der Waals surface area contributed by atoms with E-state index in [1.165, 1.54) is 12.8 Å². The van der Waals surface area contributed by atoms with Gasteiger partial charge in [-0.15, -0.1) is 0 Å². The number of hydrogen-bond acceptors (Lipinski definition) is 5. The molecule has 1 aliphatic rings. The molecular formula is C10H17N3OS. The van der Waals surface area contributed by atoms with Gasteiger partial charge in [-0.3, -0.25) is 0 Å². The Morgan fingerprint density at radius 3 is 3.27 bits per heavy atom. The fraction of sp³-hybridized carbons (Fsp3) is 0.800. The van der Waals surface area contributed by atoms with Crippen LogP contribution >= 0.6 is 11.8 Å². The van der Waals surface area contributed by atoms with Crippen LogP contribution in [-0.4, -0.2) is 29.5 Å². The molecule has 4 nitrogen and oxygen atoms in total. The van der Waals surface area contributed by atoms with Gasteiger partial charge in [0.2, 0.25) is 5.89 Å². The Hall–Kier alpha value is -0.550. The van der Waals surface area contributed by atoms with E-state index in [1.807, 2.05) is 6.26 Å². The van der Waals surface area contributed by atoms with Crippen molar-refractivity contribution in [2.24, 2.45) is 5.92 Å². The number of thioether (sulfide) groups is 1. The predicted molar refractivity (Wildman–Crippen MR) is 60.8 cm³/mol. The summed E-state index contributed by atoms with van der Waals surface area (Å²) < 4.78 is 5.22. The molecule has 2 rings (SSSR count). The van der Waals surface area contributed by atoms with Gasteiger partial charge in [0.05, 0.1) is 5.75 Å². The van der Waals surface area contributed by atoms with E-state index in [4.69, 9.17) is 4.52 Å². The molecule has 15 heavy (non-hydrogen) atoms. The van der Waals surface area contributed by atoms with Gasteiger partial charge in [0.25, 0.3) is 0 Å². The monoisotopic (exact) mass is 227 g/mol. The molecule has 0 saturated carbocycles. The molecule has 1 saturated heterocycles. The summed E-state index contributed by atoms with van der Waals surface area (Å²) in [6.07, 6.45) is 5.50. The smallest absolute Gasteiger partial charge is 0.226 e. The highest BCUT2D eigenvalue weighted by molar-refractivity contribution is 7.97. The minimum atomic E-state index is 0.668. The van der Waals surface area contributed by atoms with E-state index in [0.29, 0.717) is 5.92 Å². The molecule has 1 unspecified atom stereocenters. The first-order chi connectivity index (χ1) is 7.38. The molecule has 1 N–H and O–H groups in total. The lowest BCUT2D eigenvalue weighted by Crippen LogP contribution is -2.30. The molecule has 1 aliphatic heterocycles. The lowest BCUT2D eigenvalue weighted by molar-refractivity contribution is 0.315. The molecule has 84 valence electrons. The normalized spacial score (nSPS) is 21.8. The first-order valence-corrected chi connectivity index (χ1v) is 6.79. The second-order valence-corrected chi connectivity index (χ2v) is 4.82. The summed E-state index contributed by atoms with van der Waals surface area (Å²) in [7, 11) is 0. The molecule has 1 fully saturated rings. The number of rotatable bonds is 4. The zero-order valence-corrected chi connectivity index (χ0v) is 9.85. The minimum Gasteiger partial charge on any atom is -0.339 e. The van der Waals surface area contributed by atoms with Gasteiger partial charge >= 0.3 is 0 Å². The third-order valence-electron chi connectivity index (χ3n) is 2.65. The molecule has 0 amide bonds. The van der Waals surface area contributed by atoms with Crippen molar-refractivity contribution < 1.29 is 4.52 Å². The van der Waals surface area contributed by atoms with Crippen molar-refractivity contribution in [3.63, 3.8) is 0 Å². The minimum absolute atomic E-state index is 0.668. The van der Waals surface area contributed by atoms with Crippen molar-refractivity contribution in [3.8, 4) is 0 Å². The van der Waals surface area contributed by atoms with Crippen LogP contribution in [0.25, 0.3) is 0 Å². The van der Waals surface area contributed by atoms with Crippen LogP contribution in [0.1, 0.15) is 24.6 Å². The fourth-order valence-corrected chi connectivity index (χ4v) is 2.28. The second kappa shape index (κ2) is 5.51. The predicted octanol–water partition coefficient (Wildman–Crippen LogP) is 1.47. The molecule has 0 aliphatic carbocycles. The Bertz CT molecular complexity index is 297. The largest absolute Gasteiger partial charge is 0.339 e. The van der Waals surface area contributed by atoms with Gasteiger partial charge in [0.15, 0.2) is 5.82 Å². The molecule has 0 aromatic carbocycles. The molecule has 5 heteroatoms. The number of piperidine rings is 1. The highest BCUT2D eigenvalue weighted by Crippen LogP contribution is 2.15. The van der Waals surface area contributed by atoms with Crippen LogP contribution in [0.3, 0.4) is 0 Å². The molecule has 2 heterocycles. The Labute approximate surface area is 94.2 Å². The van der Waals surface area contributed by atoms with Gasteiger partial charge in [-0.05, 0) is 38.1 Å². The van der Waals surface area contributed by atoms with E-state index in [1.54, 1.807) is 11.8 Å². The summed E-state index contributed by atoms with van der Waals surface area (Å²) in [5, 5.41) is 7.34. The Morgan fingerprint density at radius 2 is 2.53 bits per heavy atom. The molecule has 0 radical (unpaired) electrons. The lowest BCUT2D eigenvalue weighted by atomic mass is 9.96. The lowest BCUT2D eigenvalue weighted by Gasteiger charge is -2.20. The maximum atomic E-state index is 5.22. The first kappa shape index (κ1) is 11.0.